The highest BCUT2D eigenvalue weighted by molar-refractivity contribution is 5.95. The Hall–Kier alpha value is -1.35. The summed E-state index contributed by atoms with van der Waals surface area (Å²) in [5.41, 5.74) is 3.34. The maximum absolute atomic E-state index is 11.9. The molecule has 0 spiro atoms. The van der Waals surface area contributed by atoms with E-state index in [9.17, 15) is 4.79 Å². The van der Waals surface area contributed by atoms with Gasteiger partial charge in [-0.25, -0.2) is 0 Å². The molecular weight excluding hydrogens is 188 g/mol. The van der Waals surface area contributed by atoms with Gasteiger partial charge in [0.25, 0.3) is 5.91 Å². The van der Waals surface area contributed by atoms with Crippen LogP contribution < -0.4 is 5.32 Å². The molecule has 1 aromatic carbocycles. The van der Waals surface area contributed by atoms with Crippen LogP contribution >= 0.6 is 0 Å². The Morgan fingerprint density at radius 3 is 2.93 bits per heavy atom. The Kier molecular flexibility index (Phi) is 2.73. The maximum atomic E-state index is 11.9. The van der Waals surface area contributed by atoms with E-state index in [1.165, 1.54) is 11.1 Å². The van der Waals surface area contributed by atoms with Crippen molar-refractivity contribution in [3.63, 3.8) is 0 Å². The van der Waals surface area contributed by atoms with E-state index in [0.29, 0.717) is 0 Å². The first-order valence-corrected chi connectivity index (χ1v) is 5.23. The van der Waals surface area contributed by atoms with Gasteiger partial charge in [-0.05, 0) is 30.2 Å². The van der Waals surface area contributed by atoms with Crippen molar-refractivity contribution in [1.29, 1.82) is 0 Å². The first-order valence-electron chi connectivity index (χ1n) is 5.23. The van der Waals surface area contributed by atoms with Crippen LogP contribution in [-0.4, -0.2) is 31.4 Å². The van der Waals surface area contributed by atoms with Crippen molar-refractivity contribution in [2.75, 3.05) is 20.6 Å². The van der Waals surface area contributed by atoms with Crippen LogP contribution in [0.5, 0.6) is 0 Å². The van der Waals surface area contributed by atoms with Crippen molar-refractivity contribution in [3.8, 4) is 0 Å². The topological polar surface area (TPSA) is 32.3 Å². The molecule has 0 atom stereocenters. The molecule has 0 fully saturated rings. The van der Waals surface area contributed by atoms with Gasteiger partial charge in [-0.1, -0.05) is 12.1 Å². The molecule has 1 heterocycles. The molecule has 0 saturated heterocycles. The summed E-state index contributed by atoms with van der Waals surface area (Å²) in [6.45, 7) is 1.84. The lowest BCUT2D eigenvalue weighted by molar-refractivity contribution is 0.0826. The number of benzene rings is 1. The van der Waals surface area contributed by atoms with Gasteiger partial charge in [0.05, 0.1) is 0 Å². The second-order valence-corrected chi connectivity index (χ2v) is 4.07. The molecule has 0 radical (unpaired) electrons. The van der Waals surface area contributed by atoms with E-state index in [0.717, 1.165) is 25.1 Å². The van der Waals surface area contributed by atoms with Gasteiger partial charge in [-0.3, -0.25) is 4.79 Å². The molecule has 3 nitrogen and oxygen atoms in total. The summed E-state index contributed by atoms with van der Waals surface area (Å²) in [5, 5.41) is 3.31. The first kappa shape index (κ1) is 10.2. The van der Waals surface area contributed by atoms with Gasteiger partial charge in [0.1, 0.15) is 0 Å². The smallest absolute Gasteiger partial charge is 0.253 e. The number of nitrogens with one attached hydrogen (secondary N) is 1. The van der Waals surface area contributed by atoms with Crippen molar-refractivity contribution >= 4 is 5.91 Å². The molecule has 1 aliphatic rings. The minimum absolute atomic E-state index is 0.105. The predicted molar refractivity (Wildman–Crippen MR) is 59.9 cm³/mol. The zero-order chi connectivity index (χ0) is 10.8. The molecule has 80 valence electrons. The van der Waals surface area contributed by atoms with Gasteiger partial charge in [0, 0.05) is 26.2 Å². The Morgan fingerprint density at radius 1 is 1.40 bits per heavy atom. The standard InChI is InChI=1S/C12H16N2O/c1-14(2)12(15)11-5-3-4-9-8-13-7-6-10(9)11/h3-5,13H,6-8H2,1-2H3. The van der Waals surface area contributed by atoms with Crippen molar-refractivity contribution < 1.29 is 4.79 Å². The van der Waals surface area contributed by atoms with Crippen LogP contribution in [-0.2, 0) is 13.0 Å². The Balaban J connectivity index is 2.43. The average Bonchev–Trinajstić information content (AvgIpc) is 2.27. The van der Waals surface area contributed by atoms with Crippen LogP contribution in [0.3, 0.4) is 0 Å². The highest BCUT2D eigenvalue weighted by atomic mass is 16.2. The van der Waals surface area contributed by atoms with Crippen LogP contribution in [0.25, 0.3) is 0 Å². The normalized spacial score (nSPS) is 14.5. The van der Waals surface area contributed by atoms with E-state index in [1.807, 2.05) is 12.1 Å². The molecule has 3 heteroatoms. The molecule has 0 saturated carbocycles. The molecule has 2 rings (SSSR count). The molecule has 1 N–H and O–H groups in total. The van der Waals surface area contributed by atoms with Crippen LogP contribution in [0, 0.1) is 0 Å². The van der Waals surface area contributed by atoms with E-state index in [-0.39, 0.29) is 5.91 Å². The van der Waals surface area contributed by atoms with E-state index in [4.69, 9.17) is 0 Å². The SMILES string of the molecule is CN(C)C(=O)c1cccc2c1CCNC2. The number of hydrogen-bond donors (Lipinski definition) is 1. The van der Waals surface area contributed by atoms with Gasteiger partial charge in [-0.15, -0.1) is 0 Å². The summed E-state index contributed by atoms with van der Waals surface area (Å²) in [6, 6.07) is 5.98. The number of carbonyl (C=O) groups is 1. The number of hydrogen-bond acceptors (Lipinski definition) is 2. The molecular formula is C12H16N2O. The van der Waals surface area contributed by atoms with E-state index in [2.05, 4.69) is 11.4 Å². The largest absolute Gasteiger partial charge is 0.345 e. The summed E-state index contributed by atoms with van der Waals surface area (Å²) in [7, 11) is 3.59. The maximum Gasteiger partial charge on any atom is 0.253 e. The Morgan fingerprint density at radius 2 is 2.20 bits per heavy atom. The van der Waals surface area contributed by atoms with Crippen molar-refractivity contribution in [3.05, 3.63) is 34.9 Å². The fourth-order valence-electron chi connectivity index (χ4n) is 1.97. The molecule has 1 amide bonds. The van der Waals surface area contributed by atoms with Gasteiger partial charge in [0.15, 0.2) is 0 Å². The number of nitrogens with zero attached hydrogens (tertiary/aromatic N) is 1. The lowest BCUT2D eigenvalue weighted by Gasteiger charge is -2.21. The molecule has 15 heavy (non-hydrogen) atoms. The number of fused-ring (bicyclic) bond motifs is 1. The van der Waals surface area contributed by atoms with Crippen LogP contribution in [0.1, 0.15) is 21.5 Å². The number of carbonyl (C=O) groups excluding carboxylic acids is 1. The zero-order valence-electron chi connectivity index (χ0n) is 9.21. The lowest BCUT2D eigenvalue weighted by Crippen LogP contribution is -2.28. The van der Waals surface area contributed by atoms with Crippen LogP contribution in [0.2, 0.25) is 0 Å². The number of amides is 1. The van der Waals surface area contributed by atoms with E-state index in [1.54, 1.807) is 19.0 Å². The van der Waals surface area contributed by atoms with Gasteiger partial charge in [-0.2, -0.15) is 0 Å². The van der Waals surface area contributed by atoms with Crippen molar-refractivity contribution in [2.24, 2.45) is 0 Å². The quantitative estimate of drug-likeness (QED) is 0.741. The summed E-state index contributed by atoms with van der Waals surface area (Å²) in [4.78, 5) is 13.6. The van der Waals surface area contributed by atoms with Crippen LogP contribution in [0.4, 0.5) is 0 Å². The molecule has 1 aliphatic heterocycles. The zero-order valence-corrected chi connectivity index (χ0v) is 9.21. The van der Waals surface area contributed by atoms with Crippen molar-refractivity contribution in [2.45, 2.75) is 13.0 Å². The highest BCUT2D eigenvalue weighted by Gasteiger charge is 2.17. The van der Waals surface area contributed by atoms with Gasteiger partial charge < -0.3 is 10.2 Å². The summed E-state index contributed by atoms with van der Waals surface area (Å²) in [6.07, 6.45) is 0.949. The highest BCUT2D eigenvalue weighted by Crippen LogP contribution is 2.19. The lowest BCUT2D eigenvalue weighted by atomic mass is 9.95. The molecule has 0 aliphatic carbocycles. The van der Waals surface area contributed by atoms with Crippen molar-refractivity contribution in [1.82, 2.24) is 10.2 Å². The molecule has 0 aromatic heterocycles. The monoisotopic (exact) mass is 204 g/mol. The van der Waals surface area contributed by atoms with E-state index < -0.39 is 0 Å². The molecule has 0 bridgehead atoms. The fraction of sp³-hybridized carbons (Fsp3) is 0.417. The Labute approximate surface area is 90.1 Å². The minimum Gasteiger partial charge on any atom is -0.345 e. The third-order valence-corrected chi connectivity index (χ3v) is 2.78. The van der Waals surface area contributed by atoms with Gasteiger partial charge in [0.2, 0.25) is 0 Å². The summed E-state index contributed by atoms with van der Waals surface area (Å²) < 4.78 is 0. The van der Waals surface area contributed by atoms with E-state index >= 15 is 0 Å². The summed E-state index contributed by atoms with van der Waals surface area (Å²) >= 11 is 0. The third kappa shape index (κ3) is 1.88. The molecule has 1 aromatic rings. The number of rotatable bonds is 1. The third-order valence-electron chi connectivity index (χ3n) is 2.78. The average molecular weight is 204 g/mol. The fourth-order valence-corrected chi connectivity index (χ4v) is 1.97. The second-order valence-electron chi connectivity index (χ2n) is 4.07. The van der Waals surface area contributed by atoms with Gasteiger partial charge >= 0.3 is 0 Å². The van der Waals surface area contributed by atoms with Crippen LogP contribution in [0.15, 0.2) is 18.2 Å². The second kappa shape index (κ2) is 4.03. The Bertz CT molecular complexity index is 385. The first-order chi connectivity index (χ1) is 7.20. The minimum atomic E-state index is 0.105. The summed E-state index contributed by atoms with van der Waals surface area (Å²) in [5.74, 6) is 0.105. The molecule has 0 unspecified atom stereocenters. The predicted octanol–water partition coefficient (Wildman–Crippen LogP) is 1.03.